The van der Waals surface area contributed by atoms with Crippen molar-refractivity contribution < 1.29 is 18.0 Å². The van der Waals surface area contributed by atoms with Crippen molar-refractivity contribution in [3.63, 3.8) is 0 Å². The van der Waals surface area contributed by atoms with Gasteiger partial charge in [-0.15, -0.1) is 23.2 Å². The number of allylic oxidation sites excluding steroid dienone is 3. The molecule has 5 nitrogen and oxygen atoms in total. The van der Waals surface area contributed by atoms with Crippen LogP contribution in [0.5, 0.6) is 0 Å². The van der Waals surface area contributed by atoms with Crippen molar-refractivity contribution in [3.05, 3.63) is 71.3 Å². The highest BCUT2D eigenvalue weighted by molar-refractivity contribution is 6.36. The molecule has 3 atom stereocenters. The Morgan fingerprint density at radius 1 is 1.34 bits per heavy atom. The summed E-state index contributed by atoms with van der Waals surface area (Å²) in [7, 11) is 1.72. The zero-order valence-electron chi connectivity index (χ0n) is 15.2. The Kier molecular flexibility index (Phi) is 5.78. The van der Waals surface area contributed by atoms with Crippen LogP contribution in [0.2, 0.25) is 0 Å². The fraction of sp³-hybridized carbons (Fsp3) is 0.316. The monoisotopic (exact) mass is 444 g/mol. The third-order valence-electron chi connectivity index (χ3n) is 4.75. The van der Waals surface area contributed by atoms with Gasteiger partial charge in [-0.2, -0.15) is 18.3 Å². The summed E-state index contributed by atoms with van der Waals surface area (Å²) >= 11 is 13.2. The summed E-state index contributed by atoms with van der Waals surface area (Å²) in [6, 6.07) is 2.28. The van der Waals surface area contributed by atoms with Gasteiger partial charge in [0.25, 0.3) is 0 Å². The molecule has 3 unspecified atom stereocenters. The number of alkyl halides is 5. The molecule has 2 N–H and O–H groups in total. The molecule has 10 heteroatoms. The van der Waals surface area contributed by atoms with Gasteiger partial charge in [0.15, 0.2) is 0 Å². The van der Waals surface area contributed by atoms with Crippen LogP contribution in [0.15, 0.2) is 54.5 Å². The number of nitrogens with zero attached hydrogens (tertiary/aromatic N) is 3. The maximum atomic E-state index is 12.9. The normalized spacial score (nSPS) is 23.0. The summed E-state index contributed by atoms with van der Waals surface area (Å²) in [5.41, 5.74) is 5.79. The van der Waals surface area contributed by atoms with Crippen LogP contribution in [0.4, 0.5) is 13.2 Å². The largest absolute Gasteiger partial charge is 0.433 e. The van der Waals surface area contributed by atoms with Crippen molar-refractivity contribution >= 4 is 29.1 Å². The molecule has 29 heavy (non-hydrogen) atoms. The molecule has 0 aromatic carbocycles. The predicted molar refractivity (Wildman–Crippen MR) is 104 cm³/mol. The number of hydrogen-bond acceptors (Lipinski definition) is 3. The van der Waals surface area contributed by atoms with E-state index in [1.54, 1.807) is 36.3 Å². The second-order valence-corrected chi connectivity index (χ2v) is 7.95. The number of primary amides is 1. The summed E-state index contributed by atoms with van der Waals surface area (Å²) in [5.74, 6) is -1.15. The van der Waals surface area contributed by atoms with E-state index in [0.29, 0.717) is 5.56 Å². The van der Waals surface area contributed by atoms with Gasteiger partial charge < -0.3 is 5.73 Å². The molecule has 2 aromatic rings. The van der Waals surface area contributed by atoms with Crippen LogP contribution in [0.25, 0.3) is 0 Å². The van der Waals surface area contributed by atoms with Crippen LogP contribution < -0.4 is 5.73 Å². The Morgan fingerprint density at radius 2 is 2.07 bits per heavy atom. The summed E-state index contributed by atoms with van der Waals surface area (Å²) in [6.07, 6.45) is 4.90. The number of carbonyl (C=O) groups excluding carboxylic acids is 1. The first-order valence-corrected chi connectivity index (χ1v) is 9.36. The van der Waals surface area contributed by atoms with E-state index in [1.165, 1.54) is 18.3 Å². The van der Waals surface area contributed by atoms with Gasteiger partial charge in [0.1, 0.15) is 5.69 Å². The number of amides is 1. The molecule has 2 aromatic heterocycles. The zero-order valence-corrected chi connectivity index (χ0v) is 16.7. The van der Waals surface area contributed by atoms with Gasteiger partial charge in [0.2, 0.25) is 5.91 Å². The summed E-state index contributed by atoms with van der Waals surface area (Å²) in [5, 5.41) is 3.23. The minimum absolute atomic E-state index is 0.166. The molecule has 0 saturated heterocycles. The van der Waals surface area contributed by atoms with Gasteiger partial charge >= 0.3 is 6.18 Å². The number of hydrogen-bond donors (Lipinski definition) is 1. The molecule has 0 saturated carbocycles. The molecule has 1 amide bonds. The lowest BCUT2D eigenvalue weighted by Gasteiger charge is -2.34. The number of halogens is 5. The standard InChI is InChI=1S/C19H17Cl2F3N4O/c1-28-10-12(9-27-28)14(11-4-5-15(26-8-11)19(22,23)24)7-18(21)6-2-3-13(16(18)20)17(25)29/h2-6,8-10,14,16H,7H2,1H3,(H2,25,29). The second kappa shape index (κ2) is 7.84. The third-order valence-corrected chi connectivity index (χ3v) is 5.99. The van der Waals surface area contributed by atoms with E-state index < -0.39 is 33.9 Å². The van der Waals surface area contributed by atoms with Crippen molar-refractivity contribution in [2.45, 2.75) is 28.8 Å². The van der Waals surface area contributed by atoms with Crippen LogP contribution in [-0.4, -0.2) is 30.9 Å². The number of carbonyl (C=O) groups is 1. The fourth-order valence-electron chi connectivity index (χ4n) is 3.26. The first-order valence-electron chi connectivity index (χ1n) is 8.55. The van der Waals surface area contributed by atoms with E-state index in [-0.39, 0.29) is 12.0 Å². The SMILES string of the molecule is Cn1cc(C(CC2(Cl)C=CC=C(C(N)=O)C2Cl)c2ccc(C(F)(F)F)nc2)cn1. The number of pyridine rings is 1. The zero-order chi connectivity index (χ0) is 21.4. The van der Waals surface area contributed by atoms with Crippen molar-refractivity contribution in [1.29, 1.82) is 0 Å². The lowest BCUT2D eigenvalue weighted by molar-refractivity contribution is -0.141. The summed E-state index contributed by atoms with van der Waals surface area (Å²) in [4.78, 5) is 14.0. The maximum absolute atomic E-state index is 12.9. The average Bonchev–Trinajstić information content (AvgIpc) is 3.07. The van der Waals surface area contributed by atoms with Crippen molar-refractivity contribution in [2.75, 3.05) is 0 Å². The maximum Gasteiger partial charge on any atom is 0.433 e. The molecular formula is C19H17Cl2F3N4O. The lowest BCUT2D eigenvalue weighted by Crippen LogP contribution is -2.39. The summed E-state index contributed by atoms with van der Waals surface area (Å²) in [6.45, 7) is 0. The van der Waals surface area contributed by atoms with E-state index in [2.05, 4.69) is 10.1 Å². The highest BCUT2D eigenvalue weighted by Crippen LogP contribution is 2.44. The molecule has 0 fully saturated rings. The third kappa shape index (κ3) is 4.48. The number of aryl methyl sites for hydroxylation is 1. The van der Waals surface area contributed by atoms with Gasteiger partial charge in [0, 0.05) is 30.9 Å². The molecule has 1 aliphatic carbocycles. The molecule has 0 aliphatic heterocycles. The molecular weight excluding hydrogens is 428 g/mol. The quantitative estimate of drug-likeness (QED) is 0.710. The molecule has 0 bridgehead atoms. The first kappa shape index (κ1) is 21.4. The Morgan fingerprint density at radius 3 is 2.59 bits per heavy atom. The first-order chi connectivity index (χ1) is 13.5. The van der Waals surface area contributed by atoms with Crippen molar-refractivity contribution in [1.82, 2.24) is 14.8 Å². The number of rotatable bonds is 5. The van der Waals surface area contributed by atoms with E-state index in [4.69, 9.17) is 28.9 Å². The minimum atomic E-state index is -4.54. The molecule has 3 rings (SSSR count). The predicted octanol–water partition coefficient (Wildman–Crippen LogP) is 3.92. The second-order valence-electron chi connectivity index (χ2n) is 6.81. The van der Waals surface area contributed by atoms with Crippen LogP contribution in [0.1, 0.15) is 29.2 Å². The van der Waals surface area contributed by atoms with Gasteiger partial charge in [-0.05, 0) is 23.6 Å². The Labute approximate surface area is 175 Å². The molecule has 2 heterocycles. The van der Waals surface area contributed by atoms with Gasteiger partial charge in [0.05, 0.1) is 16.4 Å². The number of aromatic nitrogens is 3. The molecule has 154 valence electrons. The van der Waals surface area contributed by atoms with Gasteiger partial charge in [-0.1, -0.05) is 24.3 Å². The Hall–Kier alpha value is -2.32. The van der Waals surface area contributed by atoms with Crippen LogP contribution in [0.3, 0.4) is 0 Å². The van der Waals surface area contributed by atoms with E-state index in [1.807, 2.05) is 0 Å². The Bertz CT molecular complexity index is 969. The van der Waals surface area contributed by atoms with Crippen LogP contribution in [0, 0.1) is 0 Å². The molecule has 0 radical (unpaired) electrons. The fourth-order valence-corrected chi connectivity index (χ4v) is 3.94. The number of nitrogens with two attached hydrogens (primary N) is 1. The summed E-state index contributed by atoms with van der Waals surface area (Å²) < 4.78 is 40.2. The highest BCUT2D eigenvalue weighted by atomic mass is 35.5. The lowest BCUT2D eigenvalue weighted by atomic mass is 9.80. The minimum Gasteiger partial charge on any atom is -0.366 e. The average molecular weight is 445 g/mol. The molecule has 1 aliphatic rings. The topological polar surface area (TPSA) is 73.8 Å². The van der Waals surface area contributed by atoms with Gasteiger partial charge in [-0.25, -0.2) is 0 Å². The van der Waals surface area contributed by atoms with Gasteiger partial charge in [-0.3, -0.25) is 14.5 Å². The van der Waals surface area contributed by atoms with Crippen molar-refractivity contribution in [2.24, 2.45) is 12.8 Å². The van der Waals surface area contributed by atoms with E-state index in [9.17, 15) is 18.0 Å². The van der Waals surface area contributed by atoms with Crippen molar-refractivity contribution in [3.8, 4) is 0 Å². The highest BCUT2D eigenvalue weighted by Gasteiger charge is 2.42. The smallest absolute Gasteiger partial charge is 0.366 e. The van der Waals surface area contributed by atoms with E-state index in [0.717, 1.165) is 11.6 Å². The van der Waals surface area contributed by atoms with Crippen LogP contribution >= 0.6 is 23.2 Å². The van der Waals surface area contributed by atoms with Crippen LogP contribution in [-0.2, 0) is 18.0 Å². The van der Waals surface area contributed by atoms with E-state index >= 15 is 0 Å². The molecule has 0 spiro atoms. The Balaban J connectivity index is 1.98.